The first-order valence-electron chi connectivity index (χ1n) is 16.3. The van der Waals surface area contributed by atoms with Crippen molar-refractivity contribution in [2.75, 3.05) is 6.54 Å². The molecule has 236 valence electrons. The average Bonchev–Trinajstić information content (AvgIpc) is 3.57. The van der Waals surface area contributed by atoms with Crippen LogP contribution in [0.1, 0.15) is 81.6 Å². The molecule has 1 aromatic rings. The summed E-state index contributed by atoms with van der Waals surface area (Å²) >= 11 is 0. The monoisotopic (exact) mass is 606 g/mol. The van der Waals surface area contributed by atoms with Crippen LogP contribution in [-0.2, 0) is 35.1 Å². The zero-order chi connectivity index (χ0) is 31.0. The lowest BCUT2D eigenvalue weighted by Crippen LogP contribution is -2.66. The zero-order valence-electron chi connectivity index (χ0n) is 25.6. The highest BCUT2D eigenvalue weighted by molar-refractivity contribution is 5.99. The summed E-state index contributed by atoms with van der Waals surface area (Å²) in [4.78, 5) is 57.2. The summed E-state index contributed by atoms with van der Waals surface area (Å²) < 4.78 is 18.1. The molecule has 10 heteroatoms. The van der Waals surface area contributed by atoms with Crippen LogP contribution in [0.2, 0.25) is 0 Å². The Bertz CT molecular complexity index is 1420. The summed E-state index contributed by atoms with van der Waals surface area (Å²) in [6, 6.07) is 6.62. The van der Waals surface area contributed by atoms with Gasteiger partial charge in [0.05, 0.1) is 17.6 Å². The topological polar surface area (TPSA) is 145 Å². The standard InChI is InChI=1S/C34H42N2O8/c1-31(2,3)33(41)13-24-32(14-25(37)42-24)30(40)44-29-34(32,33)26(43-28(39)20-6-4-17(15-35)5-7-20)27(38)36(29)16-23-21-9-18-8-19(11-21)12-22(23)10-18/h4-7,18-19,21-24,26,29,41H,8-16,35H2,1-3H3/t18?,19?,21?,22?,23?,24-,26-,29-,32-,33+,34+/m0/s1. The molecule has 5 aliphatic carbocycles. The van der Waals surface area contributed by atoms with Gasteiger partial charge in [0.2, 0.25) is 0 Å². The highest BCUT2D eigenvalue weighted by Gasteiger charge is 2.93. The number of ether oxygens (including phenoxy) is 3. The van der Waals surface area contributed by atoms with Gasteiger partial charge in [-0.3, -0.25) is 14.4 Å². The van der Waals surface area contributed by atoms with Crippen molar-refractivity contribution < 1.29 is 38.5 Å². The van der Waals surface area contributed by atoms with E-state index < -0.39 is 64.1 Å². The largest absolute Gasteiger partial charge is 0.461 e. The molecule has 5 saturated carbocycles. The zero-order valence-corrected chi connectivity index (χ0v) is 25.6. The first-order chi connectivity index (χ1) is 20.8. The number of amides is 1. The maximum Gasteiger partial charge on any atom is 0.338 e. The van der Waals surface area contributed by atoms with Crippen LogP contribution in [0.3, 0.4) is 0 Å². The number of aliphatic hydroxyl groups is 1. The molecule has 3 heterocycles. The third-order valence-electron chi connectivity index (χ3n) is 13.0. The number of hydrogen-bond donors (Lipinski definition) is 2. The fourth-order valence-electron chi connectivity index (χ4n) is 11.3. The maximum absolute atomic E-state index is 14.8. The van der Waals surface area contributed by atoms with Crippen LogP contribution in [0, 0.1) is 45.8 Å². The predicted octanol–water partition coefficient (Wildman–Crippen LogP) is 2.94. The molecule has 10 nitrogen and oxygen atoms in total. The number of carbonyl (C=O) groups excluding carboxylic acids is 4. The number of likely N-dealkylation sites (tertiary alicyclic amines) is 1. The second-order valence-electron chi connectivity index (χ2n) is 15.8. The van der Waals surface area contributed by atoms with Crippen molar-refractivity contribution in [2.45, 2.75) is 96.3 Å². The lowest BCUT2D eigenvalue weighted by atomic mass is 9.51. The third-order valence-corrected chi connectivity index (χ3v) is 13.0. The van der Waals surface area contributed by atoms with Gasteiger partial charge in [0.25, 0.3) is 5.91 Å². The van der Waals surface area contributed by atoms with Gasteiger partial charge in [0.15, 0.2) is 12.3 Å². The fourth-order valence-corrected chi connectivity index (χ4v) is 11.3. The molecule has 1 amide bonds. The Morgan fingerprint density at radius 1 is 1.02 bits per heavy atom. The van der Waals surface area contributed by atoms with Crippen LogP contribution in [0.5, 0.6) is 0 Å². The van der Waals surface area contributed by atoms with Gasteiger partial charge >= 0.3 is 17.9 Å². The molecule has 2 spiro atoms. The lowest BCUT2D eigenvalue weighted by molar-refractivity contribution is -0.213. The van der Waals surface area contributed by atoms with Crippen LogP contribution in [0.25, 0.3) is 0 Å². The van der Waals surface area contributed by atoms with E-state index in [4.69, 9.17) is 19.9 Å². The van der Waals surface area contributed by atoms with E-state index in [2.05, 4.69) is 0 Å². The molecule has 0 radical (unpaired) electrons. The van der Waals surface area contributed by atoms with Crippen molar-refractivity contribution >= 4 is 23.8 Å². The van der Waals surface area contributed by atoms with Gasteiger partial charge in [0, 0.05) is 19.5 Å². The number of carbonyl (C=O) groups is 4. The van der Waals surface area contributed by atoms with E-state index in [9.17, 15) is 24.3 Å². The molecule has 8 fully saturated rings. The SMILES string of the molecule is CC(C)(C)[C@]1(O)C[C@@H]2OC(=O)C[C@@]23C(=O)O[C@@H]2N(CC4C5CC6CC(C5)CC4C6)C(=O)[C@H](OC(=O)c4ccc(CN)cc4)[C@]213. The molecule has 1 aromatic carbocycles. The summed E-state index contributed by atoms with van der Waals surface area (Å²) in [6.45, 7) is 6.19. The van der Waals surface area contributed by atoms with Gasteiger partial charge in [-0.25, -0.2) is 4.79 Å². The molecule has 3 aliphatic heterocycles. The molecule has 4 bridgehead atoms. The van der Waals surface area contributed by atoms with Crippen molar-refractivity contribution in [2.24, 2.45) is 51.6 Å². The number of benzene rings is 1. The van der Waals surface area contributed by atoms with Crippen LogP contribution < -0.4 is 5.73 Å². The van der Waals surface area contributed by atoms with Gasteiger partial charge in [-0.05, 0) is 84.8 Å². The van der Waals surface area contributed by atoms with Crippen molar-refractivity contribution in [3.8, 4) is 0 Å². The molecule has 0 aromatic heterocycles. The van der Waals surface area contributed by atoms with E-state index in [0.29, 0.717) is 24.9 Å². The Morgan fingerprint density at radius 2 is 1.66 bits per heavy atom. The van der Waals surface area contributed by atoms with Crippen LogP contribution in [0.4, 0.5) is 0 Å². The molecule has 9 rings (SSSR count). The minimum absolute atomic E-state index is 0.0632. The Balaban J connectivity index is 1.26. The van der Waals surface area contributed by atoms with E-state index in [1.165, 1.54) is 6.42 Å². The first-order valence-corrected chi connectivity index (χ1v) is 16.3. The fraction of sp³-hybridized carbons (Fsp3) is 0.706. The quantitative estimate of drug-likeness (QED) is 0.382. The van der Waals surface area contributed by atoms with Gasteiger partial charge in [-0.1, -0.05) is 32.9 Å². The molecule has 3 N–H and O–H groups in total. The summed E-state index contributed by atoms with van der Waals surface area (Å²) in [5, 5.41) is 12.9. The molecule has 0 unspecified atom stereocenters. The Morgan fingerprint density at radius 3 is 2.25 bits per heavy atom. The Hall–Kier alpha value is -2.98. The number of rotatable bonds is 5. The Labute approximate surface area is 256 Å². The second kappa shape index (κ2) is 9.06. The summed E-state index contributed by atoms with van der Waals surface area (Å²) in [5.41, 5.74) is 0.707. The lowest BCUT2D eigenvalue weighted by Gasteiger charge is -2.55. The number of nitrogens with zero attached hydrogens (tertiary/aromatic N) is 1. The van der Waals surface area contributed by atoms with Gasteiger partial charge < -0.3 is 30.0 Å². The van der Waals surface area contributed by atoms with E-state index in [0.717, 1.165) is 43.1 Å². The van der Waals surface area contributed by atoms with Crippen molar-refractivity contribution in [3.05, 3.63) is 35.4 Å². The normalized spacial score (nSPS) is 44.8. The highest BCUT2D eigenvalue weighted by atomic mass is 16.6. The molecule has 6 atom stereocenters. The van der Waals surface area contributed by atoms with Crippen LogP contribution in [0.15, 0.2) is 24.3 Å². The summed E-state index contributed by atoms with van der Waals surface area (Å²) in [5.74, 6) is 0.191. The van der Waals surface area contributed by atoms with E-state index in [1.54, 1.807) is 29.2 Å². The molecular weight excluding hydrogens is 564 g/mol. The van der Waals surface area contributed by atoms with Crippen molar-refractivity contribution in [1.82, 2.24) is 4.90 Å². The number of hydrogen-bond acceptors (Lipinski definition) is 9. The maximum atomic E-state index is 14.8. The van der Waals surface area contributed by atoms with Crippen molar-refractivity contribution in [1.29, 1.82) is 0 Å². The van der Waals surface area contributed by atoms with E-state index >= 15 is 0 Å². The minimum atomic E-state index is -1.76. The van der Waals surface area contributed by atoms with Crippen LogP contribution >= 0.6 is 0 Å². The van der Waals surface area contributed by atoms with Gasteiger partial charge in [0.1, 0.15) is 16.9 Å². The van der Waals surface area contributed by atoms with E-state index in [1.807, 2.05) is 20.8 Å². The highest BCUT2D eigenvalue weighted by Crippen LogP contribution is 2.76. The smallest absolute Gasteiger partial charge is 0.338 e. The molecule has 44 heavy (non-hydrogen) atoms. The van der Waals surface area contributed by atoms with Crippen molar-refractivity contribution in [3.63, 3.8) is 0 Å². The minimum Gasteiger partial charge on any atom is -0.461 e. The third kappa shape index (κ3) is 3.34. The molecular formula is C34H42N2O8. The van der Waals surface area contributed by atoms with Gasteiger partial charge in [-0.15, -0.1) is 0 Å². The number of nitrogens with two attached hydrogens (primary N) is 1. The van der Waals surface area contributed by atoms with Crippen LogP contribution in [-0.4, -0.2) is 64.4 Å². The summed E-state index contributed by atoms with van der Waals surface area (Å²) in [6.07, 6.45) is 1.72. The first kappa shape index (κ1) is 28.5. The summed E-state index contributed by atoms with van der Waals surface area (Å²) in [7, 11) is 0. The van der Waals surface area contributed by atoms with E-state index in [-0.39, 0.29) is 24.3 Å². The number of esters is 3. The molecule has 8 aliphatic rings. The Kier molecular flexibility index (Phi) is 5.86. The second-order valence-corrected chi connectivity index (χ2v) is 15.8. The molecule has 3 saturated heterocycles. The average molecular weight is 607 g/mol. The predicted molar refractivity (Wildman–Crippen MR) is 154 cm³/mol. The van der Waals surface area contributed by atoms with Gasteiger partial charge in [-0.2, -0.15) is 0 Å².